The summed E-state index contributed by atoms with van der Waals surface area (Å²) in [6.07, 6.45) is 3.22. The lowest BCUT2D eigenvalue weighted by atomic mass is 9.90. The lowest BCUT2D eigenvalue weighted by Crippen LogP contribution is -2.50. The minimum absolute atomic E-state index is 0.0481. The summed E-state index contributed by atoms with van der Waals surface area (Å²) in [7, 11) is 0. The molecule has 1 heterocycles. The first-order chi connectivity index (χ1) is 7.42. The summed E-state index contributed by atoms with van der Waals surface area (Å²) in [5.41, 5.74) is 2.20. The number of carbonyl (C=O) groups excluding carboxylic acids is 1. The second-order valence-corrected chi connectivity index (χ2v) is 5.49. The summed E-state index contributed by atoms with van der Waals surface area (Å²) in [5.74, 6) is 0.611. The molecule has 1 aliphatic rings. The van der Waals surface area contributed by atoms with E-state index in [1.165, 1.54) is 6.42 Å². The summed E-state index contributed by atoms with van der Waals surface area (Å²) >= 11 is 0. The largest absolute Gasteiger partial charge is 0.306 e. The Morgan fingerprint density at radius 2 is 2.19 bits per heavy atom. The van der Waals surface area contributed by atoms with Crippen LogP contribution >= 0.6 is 0 Å². The smallest absolute Gasteiger partial charge is 0.260 e. The van der Waals surface area contributed by atoms with Crippen LogP contribution in [0.4, 0.5) is 0 Å². The van der Waals surface area contributed by atoms with E-state index in [0.717, 1.165) is 19.4 Å². The maximum atomic E-state index is 11.8. The van der Waals surface area contributed by atoms with E-state index in [9.17, 15) is 4.79 Å². The number of amides is 1. The molecule has 1 aliphatic heterocycles. The van der Waals surface area contributed by atoms with Gasteiger partial charge in [0, 0.05) is 0 Å². The molecule has 0 radical (unpaired) electrons. The van der Waals surface area contributed by atoms with Crippen LogP contribution in [0.15, 0.2) is 0 Å². The number of nitrogens with one attached hydrogen (secondary N) is 2. The maximum absolute atomic E-state index is 11.8. The van der Waals surface area contributed by atoms with E-state index in [1.807, 2.05) is 20.8 Å². The van der Waals surface area contributed by atoms with Crippen molar-refractivity contribution in [3.05, 3.63) is 0 Å². The third-order valence-corrected chi connectivity index (χ3v) is 2.86. The van der Waals surface area contributed by atoms with E-state index in [4.69, 9.17) is 4.84 Å². The molecule has 4 heteroatoms. The molecule has 1 amide bonds. The van der Waals surface area contributed by atoms with Crippen LogP contribution in [-0.4, -0.2) is 24.1 Å². The highest BCUT2D eigenvalue weighted by Crippen LogP contribution is 2.19. The van der Waals surface area contributed by atoms with Crippen molar-refractivity contribution in [2.24, 2.45) is 5.92 Å². The van der Waals surface area contributed by atoms with Gasteiger partial charge >= 0.3 is 0 Å². The molecule has 0 bridgehead atoms. The summed E-state index contributed by atoms with van der Waals surface area (Å²) in [6, 6.07) is -0.0963. The fourth-order valence-electron chi connectivity index (χ4n) is 1.84. The Morgan fingerprint density at radius 1 is 1.50 bits per heavy atom. The lowest BCUT2D eigenvalue weighted by Gasteiger charge is -2.29. The van der Waals surface area contributed by atoms with Gasteiger partial charge in [-0.25, -0.2) is 5.48 Å². The number of hydrogen-bond donors (Lipinski definition) is 2. The zero-order valence-electron chi connectivity index (χ0n) is 10.8. The zero-order chi connectivity index (χ0) is 12.2. The highest BCUT2D eigenvalue weighted by atomic mass is 16.7. The topological polar surface area (TPSA) is 50.4 Å². The van der Waals surface area contributed by atoms with Gasteiger partial charge in [-0.1, -0.05) is 13.3 Å². The highest BCUT2D eigenvalue weighted by molar-refractivity contribution is 5.80. The fourth-order valence-corrected chi connectivity index (χ4v) is 1.84. The number of carbonyl (C=O) groups is 1. The van der Waals surface area contributed by atoms with Crippen molar-refractivity contribution in [3.8, 4) is 0 Å². The fraction of sp³-hybridized carbons (Fsp3) is 0.917. The lowest BCUT2D eigenvalue weighted by molar-refractivity contribution is -0.148. The standard InChI is InChI=1S/C12H24N2O2/c1-5-9-6-7-13-10(8-9)11(15)14-16-12(2,3)4/h9-10,13H,5-8H2,1-4H3,(H,14,15). The molecule has 0 aromatic carbocycles. The number of hydrogen-bond acceptors (Lipinski definition) is 3. The molecular weight excluding hydrogens is 204 g/mol. The second-order valence-electron chi connectivity index (χ2n) is 5.49. The molecule has 0 aromatic heterocycles. The Morgan fingerprint density at radius 3 is 2.75 bits per heavy atom. The molecule has 94 valence electrons. The van der Waals surface area contributed by atoms with Crippen LogP contribution in [0.5, 0.6) is 0 Å². The van der Waals surface area contributed by atoms with Gasteiger partial charge in [-0.05, 0) is 46.1 Å². The number of hydroxylamine groups is 1. The third-order valence-electron chi connectivity index (χ3n) is 2.86. The van der Waals surface area contributed by atoms with Gasteiger partial charge in [0.15, 0.2) is 0 Å². The van der Waals surface area contributed by atoms with Crippen molar-refractivity contribution < 1.29 is 9.63 Å². The third kappa shape index (κ3) is 4.49. The maximum Gasteiger partial charge on any atom is 0.260 e. The van der Waals surface area contributed by atoms with Crippen molar-refractivity contribution in [1.82, 2.24) is 10.8 Å². The normalized spacial score (nSPS) is 26.5. The minimum Gasteiger partial charge on any atom is -0.306 e. The van der Waals surface area contributed by atoms with Gasteiger partial charge in [-0.15, -0.1) is 0 Å². The Hall–Kier alpha value is -0.610. The molecule has 0 aliphatic carbocycles. The monoisotopic (exact) mass is 228 g/mol. The minimum atomic E-state index is -0.339. The molecule has 2 atom stereocenters. The summed E-state index contributed by atoms with van der Waals surface area (Å²) in [6.45, 7) is 8.84. The van der Waals surface area contributed by atoms with Crippen LogP contribution in [-0.2, 0) is 9.63 Å². The van der Waals surface area contributed by atoms with Gasteiger partial charge in [-0.2, -0.15) is 0 Å². The van der Waals surface area contributed by atoms with E-state index < -0.39 is 0 Å². The van der Waals surface area contributed by atoms with Gasteiger partial charge < -0.3 is 5.32 Å². The van der Waals surface area contributed by atoms with E-state index in [1.54, 1.807) is 0 Å². The van der Waals surface area contributed by atoms with Crippen molar-refractivity contribution in [2.45, 2.75) is 58.6 Å². The summed E-state index contributed by atoms with van der Waals surface area (Å²) in [4.78, 5) is 17.1. The first-order valence-corrected chi connectivity index (χ1v) is 6.13. The molecule has 0 aromatic rings. The van der Waals surface area contributed by atoms with E-state index in [0.29, 0.717) is 5.92 Å². The quantitative estimate of drug-likeness (QED) is 0.722. The van der Waals surface area contributed by atoms with Crippen molar-refractivity contribution in [2.75, 3.05) is 6.54 Å². The van der Waals surface area contributed by atoms with Crippen molar-refractivity contribution >= 4 is 5.91 Å². The molecule has 0 saturated carbocycles. The van der Waals surface area contributed by atoms with Crippen LogP contribution in [0, 0.1) is 5.92 Å². The van der Waals surface area contributed by atoms with Crippen LogP contribution in [0.1, 0.15) is 47.0 Å². The molecule has 16 heavy (non-hydrogen) atoms. The predicted octanol–water partition coefficient (Wildman–Crippen LogP) is 1.61. The predicted molar refractivity (Wildman–Crippen MR) is 63.8 cm³/mol. The number of piperidine rings is 1. The molecule has 2 unspecified atom stereocenters. The Balaban J connectivity index is 2.36. The zero-order valence-corrected chi connectivity index (χ0v) is 10.8. The van der Waals surface area contributed by atoms with Crippen LogP contribution in [0.2, 0.25) is 0 Å². The van der Waals surface area contributed by atoms with Gasteiger partial charge in [0.1, 0.15) is 0 Å². The summed E-state index contributed by atoms with van der Waals surface area (Å²) in [5, 5.41) is 3.23. The number of rotatable bonds is 3. The van der Waals surface area contributed by atoms with Crippen molar-refractivity contribution in [3.63, 3.8) is 0 Å². The molecule has 2 N–H and O–H groups in total. The van der Waals surface area contributed by atoms with Gasteiger partial charge in [0.25, 0.3) is 5.91 Å². The van der Waals surface area contributed by atoms with Gasteiger partial charge in [0.05, 0.1) is 11.6 Å². The van der Waals surface area contributed by atoms with Crippen LogP contribution < -0.4 is 10.8 Å². The molecule has 1 rings (SSSR count). The van der Waals surface area contributed by atoms with E-state index in [2.05, 4.69) is 17.7 Å². The van der Waals surface area contributed by atoms with Crippen LogP contribution in [0.3, 0.4) is 0 Å². The molecular formula is C12H24N2O2. The van der Waals surface area contributed by atoms with Gasteiger partial charge in [0.2, 0.25) is 0 Å². The van der Waals surface area contributed by atoms with Crippen molar-refractivity contribution in [1.29, 1.82) is 0 Å². The Bertz CT molecular complexity index is 236. The van der Waals surface area contributed by atoms with Gasteiger partial charge in [-0.3, -0.25) is 9.63 Å². The average molecular weight is 228 g/mol. The molecule has 1 saturated heterocycles. The first kappa shape index (κ1) is 13.5. The Kier molecular flexibility index (Phi) is 4.74. The molecule has 1 fully saturated rings. The van der Waals surface area contributed by atoms with Crippen LogP contribution in [0.25, 0.3) is 0 Å². The first-order valence-electron chi connectivity index (χ1n) is 6.13. The summed E-state index contributed by atoms with van der Waals surface area (Å²) < 4.78 is 0. The highest BCUT2D eigenvalue weighted by Gasteiger charge is 2.26. The SMILES string of the molecule is CCC1CCNC(C(=O)NOC(C)(C)C)C1. The molecule has 0 spiro atoms. The average Bonchev–Trinajstić information content (AvgIpc) is 2.25. The Labute approximate surface area is 98.1 Å². The van der Waals surface area contributed by atoms with E-state index in [-0.39, 0.29) is 17.6 Å². The second kappa shape index (κ2) is 5.64. The van der Waals surface area contributed by atoms with E-state index >= 15 is 0 Å². The molecule has 4 nitrogen and oxygen atoms in total.